The highest BCUT2D eigenvalue weighted by molar-refractivity contribution is 5.99. The number of nitrogens with one attached hydrogen (secondary N) is 3. The highest BCUT2D eigenvalue weighted by atomic mass is 16.6. The van der Waals surface area contributed by atoms with Gasteiger partial charge in [-0.2, -0.15) is 0 Å². The van der Waals surface area contributed by atoms with E-state index in [1.807, 2.05) is 25.1 Å². The van der Waals surface area contributed by atoms with E-state index in [2.05, 4.69) is 16.0 Å². The first kappa shape index (κ1) is 25.8. The fraction of sp³-hybridized carbons (Fsp3) is 0.346. The molecule has 1 aliphatic rings. The van der Waals surface area contributed by atoms with Crippen molar-refractivity contribution in [3.05, 3.63) is 71.4 Å². The molecule has 0 radical (unpaired) electrons. The number of hydrogen-bond donors (Lipinski definition) is 3. The standard InChI is InChI=1S/C26H32N4O5/c1-4-5-15-30-18(2)22(24(31)35-17-16-34-3)23(29-26(30)33)19-11-13-21(14-12-19)28-25(32)27-20-9-7-6-8-10-20/h6-14,23H,4-5,15-17H2,1-3H3,(H,29,33)(H2,27,28,32). The van der Waals surface area contributed by atoms with Gasteiger partial charge in [0, 0.05) is 30.7 Å². The van der Waals surface area contributed by atoms with Crippen LogP contribution in [0, 0.1) is 0 Å². The number of nitrogens with zero attached hydrogens (tertiary/aromatic N) is 1. The maximum absolute atomic E-state index is 13.0. The molecule has 1 heterocycles. The van der Waals surface area contributed by atoms with Gasteiger partial charge in [0.05, 0.1) is 18.2 Å². The second-order valence-electron chi connectivity index (χ2n) is 8.08. The van der Waals surface area contributed by atoms with Crippen molar-refractivity contribution in [1.82, 2.24) is 10.2 Å². The van der Waals surface area contributed by atoms with Gasteiger partial charge >= 0.3 is 18.0 Å². The molecule has 1 unspecified atom stereocenters. The number of esters is 1. The SMILES string of the molecule is CCCCN1C(=O)NC(c2ccc(NC(=O)Nc3ccccc3)cc2)C(C(=O)OCCOC)=C1C. The molecule has 1 atom stereocenters. The lowest BCUT2D eigenvalue weighted by molar-refractivity contribution is -0.140. The predicted octanol–water partition coefficient (Wildman–Crippen LogP) is 4.66. The summed E-state index contributed by atoms with van der Waals surface area (Å²) >= 11 is 0. The molecular weight excluding hydrogens is 448 g/mol. The van der Waals surface area contributed by atoms with Crippen molar-refractivity contribution in [2.24, 2.45) is 0 Å². The number of amides is 4. The van der Waals surface area contributed by atoms with Crippen LogP contribution in [0.15, 0.2) is 65.9 Å². The molecule has 35 heavy (non-hydrogen) atoms. The van der Waals surface area contributed by atoms with Gasteiger partial charge in [0.1, 0.15) is 6.61 Å². The quantitative estimate of drug-likeness (QED) is 0.339. The van der Waals surface area contributed by atoms with Crippen LogP contribution in [0.1, 0.15) is 38.3 Å². The molecule has 4 amide bonds. The molecule has 0 aromatic heterocycles. The van der Waals surface area contributed by atoms with Crippen LogP contribution in [-0.2, 0) is 14.3 Å². The van der Waals surface area contributed by atoms with E-state index in [4.69, 9.17) is 9.47 Å². The van der Waals surface area contributed by atoms with Gasteiger partial charge in [-0.25, -0.2) is 14.4 Å². The van der Waals surface area contributed by atoms with E-state index < -0.39 is 12.0 Å². The van der Waals surface area contributed by atoms with E-state index in [-0.39, 0.29) is 25.3 Å². The molecule has 9 nitrogen and oxygen atoms in total. The summed E-state index contributed by atoms with van der Waals surface area (Å²) in [5.41, 5.74) is 2.88. The lowest BCUT2D eigenvalue weighted by Gasteiger charge is -2.35. The number of methoxy groups -OCH3 is 1. The molecule has 2 aromatic carbocycles. The number of rotatable bonds is 10. The Hall–Kier alpha value is -3.85. The number of allylic oxidation sites excluding steroid dienone is 1. The molecule has 0 bridgehead atoms. The van der Waals surface area contributed by atoms with E-state index >= 15 is 0 Å². The van der Waals surface area contributed by atoms with Crippen LogP contribution in [0.5, 0.6) is 0 Å². The van der Waals surface area contributed by atoms with Crippen LogP contribution in [0.25, 0.3) is 0 Å². The van der Waals surface area contributed by atoms with E-state index in [0.29, 0.717) is 34.8 Å². The summed E-state index contributed by atoms with van der Waals surface area (Å²) in [4.78, 5) is 39.7. The van der Waals surface area contributed by atoms with Crippen LogP contribution >= 0.6 is 0 Å². The van der Waals surface area contributed by atoms with Gasteiger partial charge < -0.3 is 25.4 Å². The number of hydrogen-bond acceptors (Lipinski definition) is 5. The number of urea groups is 2. The van der Waals surface area contributed by atoms with Crippen molar-refractivity contribution in [2.45, 2.75) is 32.7 Å². The fourth-order valence-corrected chi connectivity index (χ4v) is 3.75. The van der Waals surface area contributed by atoms with Crippen molar-refractivity contribution in [1.29, 1.82) is 0 Å². The molecule has 9 heteroatoms. The highest BCUT2D eigenvalue weighted by Crippen LogP contribution is 2.32. The molecule has 2 aromatic rings. The minimum Gasteiger partial charge on any atom is -0.460 e. The Kier molecular flexibility index (Phi) is 9.25. The Labute approximate surface area is 205 Å². The minimum atomic E-state index is -0.678. The zero-order valence-corrected chi connectivity index (χ0v) is 20.3. The van der Waals surface area contributed by atoms with Gasteiger partial charge in [0.2, 0.25) is 0 Å². The molecule has 3 N–H and O–H groups in total. The number of carbonyl (C=O) groups excluding carboxylic acids is 3. The van der Waals surface area contributed by atoms with Gasteiger partial charge in [-0.3, -0.25) is 4.90 Å². The normalized spacial score (nSPS) is 15.5. The van der Waals surface area contributed by atoms with Gasteiger partial charge in [0.25, 0.3) is 0 Å². The van der Waals surface area contributed by atoms with Crippen LogP contribution in [0.2, 0.25) is 0 Å². The number of para-hydroxylation sites is 1. The number of anilines is 2. The van der Waals surface area contributed by atoms with Crippen molar-refractivity contribution >= 4 is 29.4 Å². The topological polar surface area (TPSA) is 109 Å². The Morgan fingerprint density at radius 1 is 1.00 bits per heavy atom. The third kappa shape index (κ3) is 6.83. The smallest absolute Gasteiger partial charge is 0.338 e. The van der Waals surface area contributed by atoms with E-state index in [9.17, 15) is 14.4 Å². The summed E-state index contributed by atoms with van der Waals surface area (Å²) in [5, 5.41) is 8.46. The van der Waals surface area contributed by atoms with Crippen molar-refractivity contribution in [3.63, 3.8) is 0 Å². The number of carbonyl (C=O) groups is 3. The summed E-state index contributed by atoms with van der Waals surface area (Å²) in [6, 6.07) is 14.8. The second kappa shape index (κ2) is 12.6. The van der Waals surface area contributed by atoms with E-state index in [0.717, 1.165) is 12.8 Å². The average Bonchev–Trinajstić information content (AvgIpc) is 2.84. The average molecular weight is 481 g/mol. The van der Waals surface area contributed by atoms with E-state index in [1.165, 1.54) is 7.11 Å². The van der Waals surface area contributed by atoms with Crippen LogP contribution in [-0.4, -0.2) is 49.8 Å². The monoisotopic (exact) mass is 480 g/mol. The molecule has 0 aliphatic carbocycles. The molecular formula is C26H32N4O5. The van der Waals surface area contributed by atoms with Gasteiger partial charge in [0.15, 0.2) is 0 Å². The number of benzene rings is 2. The Balaban J connectivity index is 1.79. The molecule has 3 rings (SSSR count). The maximum Gasteiger partial charge on any atom is 0.338 e. The molecule has 0 fully saturated rings. The molecule has 186 valence electrons. The summed E-state index contributed by atoms with van der Waals surface area (Å²) in [6.07, 6.45) is 1.73. The zero-order valence-electron chi connectivity index (χ0n) is 20.3. The first-order valence-electron chi connectivity index (χ1n) is 11.6. The van der Waals surface area contributed by atoms with Crippen molar-refractivity contribution in [2.75, 3.05) is 37.5 Å². The Morgan fingerprint density at radius 3 is 2.29 bits per heavy atom. The zero-order chi connectivity index (χ0) is 25.2. The Morgan fingerprint density at radius 2 is 1.66 bits per heavy atom. The van der Waals surface area contributed by atoms with Gasteiger partial charge in [-0.05, 0) is 43.2 Å². The van der Waals surface area contributed by atoms with Crippen LogP contribution < -0.4 is 16.0 Å². The molecule has 1 aliphatic heterocycles. The largest absolute Gasteiger partial charge is 0.460 e. The Bertz CT molecular complexity index is 1050. The second-order valence-corrected chi connectivity index (χ2v) is 8.08. The molecule has 0 spiro atoms. The lowest BCUT2D eigenvalue weighted by atomic mass is 9.94. The third-order valence-corrected chi connectivity index (χ3v) is 5.61. The lowest BCUT2D eigenvalue weighted by Crippen LogP contribution is -2.48. The number of unbranched alkanes of at least 4 members (excludes halogenated alkanes) is 1. The fourth-order valence-electron chi connectivity index (χ4n) is 3.75. The summed E-state index contributed by atoms with van der Waals surface area (Å²) in [5.74, 6) is -0.504. The summed E-state index contributed by atoms with van der Waals surface area (Å²) < 4.78 is 10.4. The summed E-state index contributed by atoms with van der Waals surface area (Å²) in [7, 11) is 1.53. The summed E-state index contributed by atoms with van der Waals surface area (Å²) in [6.45, 7) is 4.70. The third-order valence-electron chi connectivity index (χ3n) is 5.61. The maximum atomic E-state index is 13.0. The van der Waals surface area contributed by atoms with E-state index in [1.54, 1.807) is 48.2 Å². The van der Waals surface area contributed by atoms with Crippen LogP contribution in [0.3, 0.4) is 0 Å². The van der Waals surface area contributed by atoms with Crippen molar-refractivity contribution < 1.29 is 23.9 Å². The first-order valence-corrected chi connectivity index (χ1v) is 11.6. The minimum absolute atomic E-state index is 0.112. The van der Waals surface area contributed by atoms with Gasteiger partial charge in [-0.1, -0.05) is 43.7 Å². The molecule has 0 saturated heterocycles. The number of ether oxygens (including phenoxy) is 2. The van der Waals surface area contributed by atoms with Crippen LogP contribution in [0.4, 0.5) is 21.0 Å². The van der Waals surface area contributed by atoms with Gasteiger partial charge in [-0.15, -0.1) is 0 Å². The predicted molar refractivity (Wildman–Crippen MR) is 134 cm³/mol. The van der Waals surface area contributed by atoms with Crippen molar-refractivity contribution in [3.8, 4) is 0 Å². The highest BCUT2D eigenvalue weighted by Gasteiger charge is 2.36. The molecule has 0 saturated carbocycles. The first-order chi connectivity index (χ1) is 16.9.